The van der Waals surface area contributed by atoms with Crippen LogP contribution in [0.5, 0.6) is 11.5 Å². The maximum Gasteiger partial charge on any atom is 0.573 e. The molecule has 0 radical (unpaired) electrons. The highest BCUT2D eigenvalue weighted by Gasteiger charge is 2.33. The van der Waals surface area contributed by atoms with Gasteiger partial charge in [-0.15, -0.1) is 13.2 Å². The fourth-order valence-corrected chi connectivity index (χ4v) is 2.61. The zero-order chi connectivity index (χ0) is 19.6. The molecule has 2 aromatic rings. The van der Waals surface area contributed by atoms with Crippen molar-refractivity contribution in [1.82, 2.24) is 5.48 Å². The average Bonchev–Trinajstić information content (AvgIpc) is 2.63. The molecule has 0 unspecified atom stereocenters. The van der Waals surface area contributed by atoms with Gasteiger partial charge in [-0.1, -0.05) is 18.2 Å². The molecule has 142 valence electrons. The summed E-state index contributed by atoms with van der Waals surface area (Å²) in [6.45, 7) is -0.535. The van der Waals surface area contributed by atoms with Crippen molar-refractivity contribution in [3.05, 3.63) is 53.6 Å². The minimum Gasteiger partial charge on any atom is -0.482 e. The molecule has 1 aliphatic rings. The number of alkyl halides is 3. The zero-order valence-electron chi connectivity index (χ0n) is 13.6. The Kier molecular flexibility index (Phi) is 4.91. The van der Waals surface area contributed by atoms with Gasteiger partial charge in [0.1, 0.15) is 11.5 Å². The molecule has 0 spiro atoms. The number of hydrogen-bond donors (Lipinski definition) is 2. The van der Waals surface area contributed by atoms with E-state index in [0.29, 0.717) is 0 Å². The normalized spacial score (nSPS) is 13.6. The Hall–Kier alpha value is -3.27. The second-order valence-corrected chi connectivity index (χ2v) is 5.55. The van der Waals surface area contributed by atoms with E-state index in [2.05, 4.69) is 4.74 Å². The molecule has 0 fully saturated rings. The van der Waals surface area contributed by atoms with E-state index in [4.69, 9.17) is 9.94 Å². The van der Waals surface area contributed by atoms with Crippen molar-refractivity contribution in [3.63, 3.8) is 0 Å². The Morgan fingerprint density at radius 3 is 2.70 bits per heavy atom. The van der Waals surface area contributed by atoms with Crippen molar-refractivity contribution in [3.8, 4) is 11.5 Å². The molecule has 2 N–H and O–H groups in total. The van der Waals surface area contributed by atoms with E-state index in [1.54, 1.807) is 0 Å². The molecule has 3 rings (SSSR count). The van der Waals surface area contributed by atoms with E-state index < -0.39 is 23.9 Å². The molecule has 0 saturated carbocycles. The van der Waals surface area contributed by atoms with Crippen LogP contribution in [0.2, 0.25) is 0 Å². The molecule has 2 amide bonds. The second-order valence-electron chi connectivity index (χ2n) is 5.55. The lowest BCUT2D eigenvalue weighted by Gasteiger charge is -2.30. The summed E-state index contributed by atoms with van der Waals surface area (Å²) in [4.78, 5) is 25.1. The summed E-state index contributed by atoms with van der Waals surface area (Å²) in [7, 11) is 0. The molecule has 0 saturated heterocycles. The second kappa shape index (κ2) is 7.16. The number of halogens is 3. The highest BCUT2D eigenvalue weighted by Crippen LogP contribution is 2.36. The lowest BCUT2D eigenvalue weighted by molar-refractivity contribution is -0.274. The minimum atomic E-state index is -4.88. The van der Waals surface area contributed by atoms with E-state index in [1.165, 1.54) is 46.8 Å². The third kappa shape index (κ3) is 4.11. The van der Waals surface area contributed by atoms with Gasteiger partial charge < -0.3 is 14.4 Å². The van der Waals surface area contributed by atoms with Crippen molar-refractivity contribution in [1.29, 1.82) is 0 Å². The van der Waals surface area contributed by atoms with Gasteiger partial charge in [0.25, 0.3) is 11.8 Å². The van der Waals surface area contributed by atoms with Crippen LogP contribution in [0.25, 0.3) is 0 Å². The quantitative estimate of drug-likeness (QED) is 0.627. The topological polar surface area (TPSA) is 88.1 Å². The predicted molar refractivity (Wildman–Crippen MR) is 85.5 cm³/mol. The first-order chi connectivity index (χ1) is 12.8. The number of benzene rings is 2. The van der Waals surface area contributed by atoms with Gasteiger partial charge >= 0.3 is 6.36 Å². The lowest BCUT2D eigenvalue weighted by Crippen LogP contribution is -2.38. The zero-order valence-corrected chi connectivity index (χ0v) is 13.6. The molecule has 2 aromatic carbocycles. The molecule has 1 aliphatic heterocycles. The Balaban J connectivity index is 1.97. The van der Waals surface area contributed by atoms with Crippen LogP contribution in [0.15, 0.2) is 42.5 Å². The fourth-order valence-electron chi connectivity index (χ4n) is 2.61. The van der Waals surface area contributed by atoms with E-state index >= 15 is 0 Å². The largest absolute Gasteiger partial charge is 0.573 e. The Morgan fingerprint density at radius 2 is 2.00 bits per heavy atom. The van der Waals surface area contributed by atoms with Crippen molar-refractivity contribution in [2.45, 2.75) is 12.9 Å². The van der Waals surface area contributed by atoms with Crippen LogP contribution >= 0.6 is 0 Å². The first-order valence-corrected chi connectivity index (χ1v) is 7.64. The number of hydrogen-bond acceptors (Lipinski definition) is 5. The number of fused-ring (bicyclic) bond motifs is 1. The van der Waals surface area contributed by atoms with Crippen LogP contribution in [-0.2, 0) is 11.3 Å². The third-order valence-electron chi connectivity index (χ3n) is 3.79. The van der Waals surface area contributed by atoms with Crippen molar-refractivity contribution in [2.75, 3.05) is 11.5 Å². The molecule has 0 aromatic heterocycles. The number of nitrogens with zero attached hydrogens (tertiary/aromatic N) is 1. The molecular weight excluding hydrogens is 369 g/mol. The summed E-state index contributed by atoms with van der Waals surface area (Å²) < 4.78 is 47.1. The molecule has 1 heterocycles. The van der Waals surface area contributed by atoms with Gasteiger partial charge in [0, 0.05) is 11.1 Å². The monoisotopic (exact) mass is 382 g/mol. The van der Waals surface area contributed by atoms with Crippen LogP contribution < -0.4 is 19.9 Å². The molecule has 0 aliphatic carbocycles. The van der Waals surface area contributed by atoms with Crippen molar-refractivity contribution < 1.29 is 37.4 Å². The van der Waals surface area contributed by atoms with Gasteiger partial charge in [-0.05, 0) is 24.3 Å². The third-order valence-corrected chi connectivity index (χ3v) is 3.79. The van der Waals surface area contributed by atoms with E-state index in [0.717, 1.165) is 6.07 Å². The van der Waals surface area contributed by atoms with Crippen LogP contribution in [0, 0.1) is 0 Å². The van der Waals surface area contributed by atoms with Crippen LogP contribution in [0.4, 0.5) is 18.9 Å². The lowest BCUT2D eigenvalue weighted by atomic mass is 10.1. The summed E-state index contributed by atoms with van der Waals surface area (Å²) >= 11 is 0. The predicted octanol–water partition coefficient (Wildman–Crippen LogP) is 2.63. The van der Waals surface area contributed by atoms with Gasteiger partial charge in [-0.25, -0.2) is 5.48 Å². The number of carbonyl (C=O) groups excluding carboxylic acids is 2. The number of para-hydroxylation sites is 1. The number of carbonyl (C=O) groups is 2. The highest BCUT2D eigenvalue weighted by molar-refractivity contribution is 6.01. The van der Waals surface area contributed by atoms with Crippen molar-refractivity contribution in [2.24, 2.45) is 0 Å². The standard InChI is InChI=1S/C17H13F3N2O5/c18-17(19,20)27-13-4-2-1-3-11(13)8-22-12-7-10(16(24)21-25)5-6-14(12)26-9-15(22)23/h1-7,25H,8-9H2,(H,21,24). The molecule has 10 heteroatoms. The maximum absolute atomic E-state index is 12.6. The smallest absolute Gasteiger partial charge is 0.482 e. The number of hydroxylamine groups is 1. The van der Waals surface area contributed by atoms with E-state index in [9.17, 15) is 22.8 Å². The number of nitrogens with one attached hydrogen (secondary N) is 1. The summed E-state index contributed by atoms with van der Waals surface area (Å²) in [5.74, 6) is -1.48. The first-order valence-electron chi connectivity index (χ1n) is 7.64. The average molecular weight is 382 g/mol. The summed E-state index contributed by atoms with van der Waals surface area (Å²) in [5, 5.41) is 8.76. The number of rotatable bonds is 4. The number of amides is 2. The van der Waals surface area contributed by atoms with Crippen LogP contribution in [0.1, 0.15) is 15.9 Å². The highest BCUT2D eigenvalue weighted by atomic mass is 19.4. The SMILES string of the molecule is O=C(NO)c1ccc2c(c1)N(Cc1ccccc1OC(F)(F)F)C(=O)CO2. The van der Waals surface area contributed by atoms with Gasteiger partial charge in [0.15, 0.2) is 6.61 Å². The van der Waals surface area contributed by atoms with E-state index in [-0.39, 0.29) is 35.7 Å². The van der Waals surface area contributed by atoms with Gasteiger partial charge in [0.05, 0.1) is 12.2 Å². The summed E-state index contributed by atoms with van der Waals surface area (Å²) in [5.41, 5.74) is 1.82. The summed E-state index contributed by atoms with van der Waals surface area (Å²) in [6.07, 6.45) is -4.88. The number of anilines is 1. The van der Waals surface area contributed by atoms with Crippen molar-refractivity contribution >= 4 is 17.5 Å². The maximum atomic E-state index is 12.6. The molecule has 27 heavy (non-hydrogen) atoms. The van der Waals surface area contributed by atoms with Gasteiger partial charge in [0.2, 0.25) is 0 Å². The Bertz CT molecular complexity index is 885. The fraction of sp³-hybridized carbons (Fsp3) is 0.176. The van der Waals surface area contributed by atoms with Gasteiger partial charge in [-0.3, -0.25) is 14.8 Å². The molecule has 0 atom stereocenters. The molecule has 7 nitrogen and oxygen atoms in total. The summed E-state index contributed by atoms with van der Waals surface area (Å²) in [6, 6.07) is 9.53. The minimum absolute atomic E-state index is 0.0411. The Labute approximate surface area is 150 Å². The Morgan fingerprint density at radius 1 is 1.26 bits per heavy atom. The molecule has 0 bridgehead atoms. The van der Waals surface area contributed by atoms with Gasteiger partial charge in [-0.2, -0.15) is 0 Å². The molecular formula is C17H13F3N2O5. The van der Waals surface area contributed by atoms with E-state index in [1.807, 2.05) is 0 Å². The van der Waals surface area contributed by atoms with Crippen LogP contribution in [0.3, 0.4) is 0 Å². The van der Waals surface area contributed by atoms with Crippen LogP contribution in [-0.4, -0.2) is 30.0 Å². The number of ether oxygens (including phenoxy) is 2. The first kappa shape index (κ1) is 18.5.